The normalized spacial score (nSPS) is 10.6. The number of amides is 3. The molecule has 0 saturated heterocycles. The largest absolute Gasteiger partial charge is 0.338 e. The Morgan fingerprint density at radius 1 is 1.22 bits per heavy atom. The van der Waals surface area contributed by atoms with Crippen LogP contribution in [0.15, 0.2) is 20.8 Å². The second-order valence-electron chi connectivity index (χ2n) is 5.35. The molecule has 23 heavy (non-hydrogen) atoms. The Morgan fingerprint density at radius 3 is 2.39 bits per heavy atom. The van der Waals surface area contributed by atoms with Gasteiger partial charge in [-0.15, -0.1) is 10.2 Å². The minimum Gasteiger partial charge on any atom is -0.338 e. The highest BCUT2D eigenvalue weighted by atomic mass is 32.2. The summed E-state index contributed by atoms with van der Waals surface area (Å²) in [4.78, 5) is 23.2. The van der Waals surface area contributed by atoms with E-state index in [9.17, 15) is 9.59 Å². The van der Waals surface area contributed by atoms with Crippen LogP contribution in [-0.4, -0.2) is 40.2 Å². The number of aromatic nitrogens is 2. The van der Waals surface area contributed by atoms with E-state index in [1.165, 1.54) is 23.1 Å². The lowest BCUT2D eigenvalue weighted by atomic mass is 10.1. The summed E-state index contributed by atoms with van der Waals surface area (Å²) >= 11 is 4.28. The van der Waals surface area contributed by atoms with Crippen LogP contribution >= 0.6 is 34.9 Å². The molecule has 1 aromatic heterocycles. The summed E-state index contributed by atoms with van der Waals surface area (Å²) in [6.45, 7) is 10.5. The zero-order valence-corrected chi connectivity index (χ0v) is 16.0. The van der Waals surface area contributed by atoms with E-state index in [2.05, 4.69) is 41.3 Å². The number of imide groups is 1. The third kappa shape index (κ3) is 9.62. The van der Waals surface area contributed by atoms with Crippen molar-refractivity contribution in [2.24, 2.45) is 5.92 Å². The maximum Gasteiger partial charge on any atom is 0.321 e. The highest BCUT2D eigenvalue weighted by Crippen LogP contribution is 2.29. The van der Waals surface area contributed by atoms with Gasteiger partial charge in [-0.25, -0.2) is 4.79 Å². The van der Waals surface area contributed by atoms with Gasteiger partial charge in [-0.2, -0.15) is 0 Å². The molecule has 128 valence electrons. The Morgan fingerprint density at radius 2 is 1.83 bits per heavy atom. The summed E-state index contributed by atoms with van der Waals surface area (Å²) in [6.07, 6.45) is 0.881. The summed E-state index contributed by atoms with van der Waals surface area (Å²) in [7, 11) is 0. The molecule has 0 saturated carbocycles. The lowest BCUT2D eigenvalue weighted by Crippen LogP contribution is -2.40. The standard InChI is InChI=1S/C14H22N4O2S3/c1-9(2)5-6-15-12(20)16-11(19)8-22-14-18-17-13(23-14)21-7-10(3)4/h9H,3,5-8H2,1-2,4H3,(H2,15,16,19,20). The van der Waals surface area contributed by atoms with Crippen LogP contribution in [0.25, 0.3) is 0 Å². The van der Waals surface area contributed by atoms with Crippen molar-refractivity contribution in [3.05, 3.63) is 12.2 Å². The number of urea groups is 1. The lowest BCUT2D eigenvalue weighted by molar-refractivity contribution is -0.117. The molecule has 0 aliphatic rings. The van der Waals surface area contributed by atoms with Crippen LogP contribution in [-0.2, 0) is 4.79 Å². The first-order valence-electron chi connectivity index (χ1n) is 7.18. The molecule has 0 aliphatic heterocycles. The van der Waals surface area contributed by atoms with Crippen molar-refractivity contribution in [2.45, 2.75) is 35.9 Å². The van der Waals surface area contributed by atoms with Gasteiger partial charge in [-0.05, 0) is 19.3 Å². The van der Waals surface area contributed by atoms with E-state index in [0.29, 0.717) is 16.8 Å². The van der Waals surface area contributed by atoms with Gasteiger partial charge in [0.1, 0.15) is 0 Å². The minimum atomic E-state index is -0.453. The predicted octanol–water partition coefficient (Wildman–Crippen LogP) is 3.17. The molecule has 6 nitrogen and oxygen atoms in total. The SMILES string of the molecule is C=C(C)CSc1nnc(SCC(=O)NC(=O)NCCC(C)C)s1. The summed E-state index contributed by atoms with van der Waals surface area (Å²) < 4.78 is 1.56. The van der Waals surface area contributed by atoms with Crippen LogP contribution in [0.1, 0.15) is 27.2 Å². The highest BCUT2D eigenvalue weighted by Gasteiger charge is 2.11. The number of carbonyl (C=O) groups is 2. The van der Waals surface area contributed by atoms with Gasteiger partial charge in [0.15, 0.2) is 8.68 Å². The molecule has 2 N–H and O–H groups in total. The first-order chi connectivity index (χ1) is 10.9. The first kappa shape index (κ1) is 20.0. The average Bonchev–Trinajstić information content (AvgIpc) is 2.90. The minimum absolute atomic E-state index is 0.136. The predicted molar refractivity (Wildman–Crippen MR) is 97.2 cm³/mol. The molecule has 0 atom stereocenters. The summed E-state index contributed by atoms with van der Waals surface area (Å²) in [5.74, 6) is 1.10. The molecule has 0 fully saturated rings. The number of carbonyl (C=O) groups excluding carboxylic acids is 2. The third-order valence-corrected chi connectivity index (χ3v) is 5.84. The van der Waals surface area contributed by atoms with Crippen molar-refractivity contribution >= 4 is 46.8 Å². The van der Waals surface area contributed by atoms with Gasteiger partial charge in [0.25, 0.3) is 0 Å². The fourth-order valence-corrected chi connectivity index (χ4v) is 3.97. The topological polar surface area (TPSA) is 84.0 Å². The summed E-state index contributed by atoms with van der Waals surface area (Å²) in [5.41, 5.74) is 1.07. The van der Waals surface area contributed by atoms with Gasteiger partial charge in [0.2, 0.25) is 5.91 Å². The highest BCUT2D eigenvalue weighted by molar-refractivity contribution is 8.03. The van der Waals surface area contributed by atoms with E-state index < -0.39 is 6.03 Å². The molecule has 1 aromatic rings. The van der Waals surface area contributed by atoms with Gasteiger partial charge in [0, 0.05) is 12.3 Å². The van der Waals surface area contributed by atoms with Crippen LogP contribution in [0.4, 0.5) is 4.79 Å². The molecule has 1 heterocycles. The molecule has 3 amide bonds. The smallest absolute Gasteiger partial charge is 0.321 e. The summed E-state index contributed by atoms with van der Waals surface area (Å²) in [6, 6.07) is -0.453. The Kier molecular flexibility index (Phi) is 9.27. The molecule has 0 spiro atoms. The second-order valence-corrected chi connectivity index (χ2v) is 8.78. The van der Waals surface area contributed by atoms with Crippen LogP contribution in [0.2, 0.25) is 0 Å². The van der Waals surface area contributed by atoms with E-state index in [-0.39, 0.29) is 11.7 Å². The number of nitrogens with zero attached hydrogens (tertiary/aromatic N) is 2. The fraction of sp³-hybridized carbons (Fsp3) is 0.571. The number of nitrogens with one attached hydrogen (secondary N) is 2. The molecule has 0 unspecified atom stereocenters. The van der Waals surface area contributed by atoms with E-state index >= 15 is 0 Å². The summed E-state index contributed by atoms with van der Waals surface area (Å²) in [5, 5.41) is 13.0. The molecule has 0 aliphatic carbocycles. The van der Waals surface area contributed by atoms with Gasteiger partial charge in [0.05, 0.1) is 5.75 Å². The van der Waals surface area contributed by atoms with Crippen LogP contribution in [0.5, 0.6) is 0 Å². The molecule has 0 bridgehead atoms. The van der Waals surface area contributed by atoms with Crippen molar-refractivity contribution in [3.63, 3.8) is 0 Å². The quantitative estimate of drug-likeness (QED) is 0.510. The van der Waals surface area contributed by atoms with Gasteiger partial charge < -0.3 is 5.32 Å². The zero-order chi connectivity index (χ0) is 17.2. The Labute approximate surface area is 149 Å². The Hall–Kier alpha value is -1.06. The lowest BCUT2D eigenvalue weighted by Gasteiger charge is -2.07. The van der Waals surface area contributed by atoms with E-state index in [1.54, 1.807) is 11.8 Å². The fourth-order valence-electron chi connectivity index (χ4n) is 1.31. The van der Waals surface area contributed by atoms with Crippen LogP contribution in [0.3, 0.4) is 0 Å². The van der Waals surface area contributed by atoms with Crippen molar-refractivity contribution in [1.82, 2.24) is 20.8 Å². The number of hydrogen-bond donors (Lipinski definition) is 2. The van der Waals surface area contributed by atoms with E-state index in [0.717, 1.165) is 22.1 Å². The Bertz CT molecular complexity index is 546. The van der Waals surface area contributed by atoms with E-state index in [1.807, 2.05) is 6.92 Å². The molecule has 0 radical (unpaired) electrons. The second kappa shape index (κ2) is 10.7. The third-order valence-electron chi connectivity index (χ3n) is 2.42. The van der Waals surface area contributed by atoms with Crippen molar-refractivity contribution in [2.75, 3.05) is 18.1 Å². The zero-order valence-electron chi connectivity index (χ0n) is 13.5. The number of thioether (sulfide) groups is 2. The van der Waals surface area contributed by atoms with Crippen molar-refractivity contribution < 1.29 is 9.59 Å². The number of hydrogen-bond acceptors (Lipinski definition) is 7. The molecular formula is C14H22N4O2S3. The van der Waals surface area contributed by atoms with Crippen molar-refractivity contribution in [3.8, 4) is 0 Å². The maximum absolute atomic E-state index is 11.7. The van der Waals surface area contributed by atoms with Crippen LogP contribution < -0.4 is 10.6 Å². The Balaban J connectivity index is 2.25. The average molecular weight is 375 g/mol. The molecule has 9 heteroatoms. The van der Waals surface area contributed by atoms with Gasteiger partial charge in [-0.3, -0.25) is 10.1 Å². The van der Waals surface area contributed by atoms with E-state index in [4.69, 9.17) is 0 Å². The van der Waals surface area contributed by atoms with Gasteiger partial charge in [-0.1, -0.05) is 60.9 Å². The maximum atomic E-state index is 11.7. The van der Waals surface area contributed by atoms with Gasteiger partial charge >= 0.3 is 6.03 Å². The monoisotopic (exact) mass is 374 g/mol. The van der Waals surface area contributed by atoms with Crippen molar-refractivity contribution in [1.29, 1.82) is 0 Å². The first-order valence-corrected chi connectivity index (χ1v) is 9.96. The molecular weight excluding hydrogens is 352 g/mol. The van der Waals surface area contributed by atoms with Crippen LogP contribution in [0, 0.1) is 5.92 Å². The number of rotatable bonds is 9. The molecule has 1 rings (SSSR count). The molecule has 0 aromatic carbocycles.